The van der Waals surface area contributed by atoms with E-state index in [9.17, 15) is 0 Å². The zero-order chi connectivity index (χ0) is 12.8. The maximum atomic E-state index is 5.61. The van der Waals surface area contributed by atoms with Gasteiger partial charge in [0.25, 0.3) is 0 Å². The zero-order valence-electron chi connectivity index (χ0n) is 10.8. The number of hydrogen-bond acceptors (Lipinski definition) is 4. The van der Waals surface area contributed by atoms with E-state index in [1.165, 1.54) is 15.3 Å². The Labute approximate surface area is 111 Å². The van der Waals surface area contributed by atoms with Gasteiger partial charge >= 0.3 is 0 Å². The molecule has 1 aromatic heterocycles. The fourth-order valence-corrected chi connectivity index (χ4v) is 3.27. The minimum atomic E-state index is 0.594. The molecule has 0 amide bonds. The molecule has 0 saturated heterocycles. The van der Waals surface area contributed by atoms with Crippen molar-refractivity contribution in [1.82, 2.24) is 4.98 Å². The lowest BCUT2D eigenvalue weighted by Gasteiger charge is -2.03. The van der Waals surface area contributed by atoms with Gasteiger partial charge in [0.15, 0.2) is 0 Å². The molecule has 0 atom stereocenters. The molecule has 0 fully saturated rings. The van der Waals surface area contributed by atoms with Gasteiger partial charge in [0.05, 0.1) is 21.7 Å². The average Bonchev–Trinajstić information content (AvgIpc) is 2.73. The van der Waals surface area contributed by atoms with Crippen molar-refractivity contribution in [3.8, 4) is 0 Å². The minimum Gasteiger partial charge on any atom is -0.322 e. The van der Waals surface area contributed by atoms with Crippen LogP contribution in [0.15, 0.2) is 17.0 Å². The lowest BCUT2D eigenvalue weighted by Crippen LogP contribution is -2.73. The molecule has 0 aliphatic heterocycles. The van der Waals surface area contributed by atoms with Crippen molar-refractivity contribution >= 4 is 39.0 Å². The van der Waals surface area contributed by atoms with Gasteiger partial charge in [-0.05, 0) is 13.0 Å². The summed E-state index contributed by atoms with van der Waals surface area (Å²) in [6.45, 7) is 6.04. The topological polar surface area (TPSA) is 55.5 Å². The molecule has 0 aliphatic carbocycles. The van der Waals surface area contributed by atoms with Crippen molar-refractivity contribution in [1.29, 1.82) is 0 Å². The SMILES string of the molecule is CC.C[NH2+]c1ccc2sc(C)nc2c1SCN. The highest BCUT2D eigenvalue weighted by molar-refractivity contribution is 7.99. The molecule has 0 aliphatic rings. The molecule has 5 heteroatoms. The quantitative estimate of drug-likeness (QED) is 0.512. The second-order valence-corrected chi connectivity index (χ2v) is 5.43. The molecule has 94 valence electrons. The van der Waals surface area contributed by atoms with E-state index in [2.05, 4.69) is 22.4 Å². The van der Waals surface area contributed by atoms with E-state index in [1.807, 2.05) is 27.8 Å². The van der Waals surface area contributed by atoms with E-state index in [0.717, 1.165) is 10.5 Å². The first-order valence-corrected chi connectivity index (χ1v) is 7.59. The van der Waals surface area contributed by atoms with E-state index in [1.54, 1.807) is 23.1 Å². The third-order valence-corrected chi connectivity index (χ3v) is 4.01. The molecular formula is C12H20N3S2+. The first kappa shape index (κ1) is 14.4. The van der Waals surface area contributed by atoms with E-state index in [4.69, 9.17) is 5.73 Å². The van der Waals surface area contributed by atoms with Crippen molar-refractivity contribution in [3.63, 3.8) is 0 Å². The summed E-state index contributed by atoms with van der Waals surface area (Å²) in [5.74, 6) is 0.594. The standard InChI is InChI=1S/C10H13N3S2.C2H6/c1-6-13-9-8(15-6)4-3-7(12-2)10(9)14-5-11;1-2/h3-4,12H,5,11H2,1-2H3;1-2H3/p+1. The van der Waals surface area contributed by atoms with E-state index < -0.39 is 0 Å². The summed E-state index contributed by atoms with van der Waals surface area (Å²) >= 11 is 3.39. The molecule has 3 nitrogen and oxygen atoms in total. The predicted octanol–water partition coefficient (Wildman–Crippen LogP) is 2.46. The summed E-state index contributed by atoms with van der Waals surface area (Å²) in [5, 5.41) is 3.21. The molecule has 17 heavy (non-hydrogen) atoms. The number of aryl methyl sites for hydroxylation is 1. The molecule has 1 aromatic carbocycles. The lowest BCUT2D eigenvalue weighted by atomic mass is 10.3. The molecule has 0 saturated carbocycles. The van der Waals surface area contributed by atoms with Gasteiger partial charge in [-0.3, -0.25) is 0 Å². The molecule has 4 N–H and O–H groups in total. The van der Waals surface area contributed by atoms with Gasteiger partial charge in [0.1, 0.15) is 11.2 Å². The number of fused-ring (bicyclic) bond motifs is 1. The van der Waals surface area contributed by atoms with Gasteiger partial charge in [-0.25, -0.2) is 4.98 Å². The Hall–Kier alpha value is -0.620. The number of benzene rings is 1. The van der Waals surface area contributed by atoms with Crippen LogP contribution < -0.4 is 11.1 Å². The van der Waals surface area contributed by atoms with Crippen molar-refractivity contribution in [3.05, 3.63) is 17.1 Å². The van der Waals surface area contributed by atoms with E-state index in [0.29, 0.717) is 5.88 Å². The third kappa shape index (κ3) is 3.19. The summed E-state index contributed by atoms with van der Waals surface area (Å²) < 4.78 is 1.24. The number of thiazole rings is 1. The smallest absolute Gasteiger partial charge is 0.145 e. The normalized spacial score (nSPS) is 10.2. The molecule has 0 spiro atoms. The first-order valence-electron chi connectivity index (χ1n) is 5.78. The van der Waals surface area contributed by atoms with Crippen LogP contribution in [-0.2, 0) is 0 Å². The maximum Gasteiger partial charge on any atom is 0.145 e. The molecule has 2 rings (SSSR count). The maximum absolute atomic E-state index is 5.61. The minimum absolute atomic E-state index is 0.594. The highest BCUT2D eigenvalue weighted by Crippen LogP contribution is 2.34. The summed E-state index contributed by atoms with van der Waals surface area (Å²) in [6.07, 6.45) is 0. The van der Waals surface area contributed by atoms with Gasteiger partial charge in [0.2, 0.25) is 0 Å². The predicted molar refractivity (Wildman–Crippen MR) is 78.1 cm³/mol. The van der Waals surface area contributed by atoms with Gasteiger partial charge in [-0.15, -0.1) is 23.1 Å². The number of nitrogens with two attached hydrogens (primary N) is 2. The van der Waals surface area contributed by atoms with Crippen LogP contribution in [0.5, 0.6) is 0 Å². The van der Waals surface area contributed by atoms with Crippen LogP contribution in [-0.4, -0.2) is 17.9 Å². The molecule has 2 aromatic rings. The monoisotopic (exact) mass is 270 g/mol. The number of rotatable bonds is 3. The second kappa shape index (κ2) is 6.96. The lowest BCUT2D eigenvalue weighted by molar-refractivity contribution is -0.541. The van der Waals surface area contributed by atoms with Gasteiger partial charge in [-0.1, -0.05) is 13.8 Å². The highest BCUT2D eigenvalue weighted by Gasteiger charge is 2.13. The Morgan fingerprint density at radius 2 is 2.12 bits per heavy atom. The number of aromatic nitrogens is 1. The van der Waals surface area contributed by atoms with Gasteiger partial charge < -0.3 is 11.1 Å². The van der Waals surface area contributed by atoms with Gasteiger partial charge in [0, 0.05) is 11.9 Å². The zero-order valence-corrected chi connectivity index (χ0v) is 12.4. The molecule has 1 heterocycles. The van der Waals surface area contributed by atoms with Crippen LogP contribution in [0.3, 0.4) is 0 Å². The summed E-state index contributed by atoms with van der Waals surface area (Å²) in [6, 6.07) is 4.27. The third-order valence-electron chi connectivity index (χ3n) is 2.19. The van der Waals surface area contributed by atoms with Crippen LogP contribution >= 0.6 is 23.1 Å². The van der Waals surface area contributed by atoms with Crippen LogP contribution in [0, 0.1) is 6.92 Å². The average molecular weight is 270 g/mol. The Kier molecular flexibility index (Phi) is 5.91. The fourth-order valence-electron chi connectivity index (χ4n) is 1.56. The summed E-state index contributed by atoms with van der Waals surface area (Å²) in [7, 11) is 2.04. The van der Waals surface area contributed by atoms with Crippen LogP contribution in [0.1, 0.15) is 18.9 Å². The van der Waals surface area contributed by atoms with Crippen LogP contribution in [0.2, 0.25) is 0 Å². The number of hydrogen-bond donors (Lipinski definition) is 2. The second-order valence-electron chi connectivity index (χ2n) is 3.16. The largest absolute Gasteiger partial charge is 0.322 e. The Morgan fingerprint density at radius 3 is 2.71 bits per heavy atom. The number of quaternary nitrogens is 1. The number of nitrogens with zero attached hydrogens (tertiary/aromatic N) is 1. The highest BCUT2D eigenvalue weighted by atomic mass is 32.2. The Bertz CT molecular complexity index is 480. The van der Waals surface area contributed by atoms with E-state index >= 15 is 0 Å². The van der Waals surface area contributed by atoms with Crippen molar-refractivity contribution in [2.45, 2.75) is 25.7 Å². The molecule has 0 bridgehead atoms. The fraction of sp³-hybridized carbons (Fsp3) is 0.417. The van der Waals surface area contributed by atoms with Crippen molar-refractivity contribution < 1.29 is 5.32 Å². The molecular weight excluding hydrogens is 250 g/mol. The van der Waals surface area contributed by atoms with Crippen LogP contribution in [0.4, 0.5) is 5.69 Å². The Morgan fingerprint density at radius 1 is 1.41 bits per heavy atom. The van der Waals surface area contributed by atoms with Crippen LogP contribution in [0.25, 0.3) is 10.2 Å². The Balaban J connectivity index is 0.000000686. The summed E-state index contributed by atoms with van der Waals surface area (Å²) in [4.78, 5) is 5.77. The number of thioether (sulfide) groups is 1. The first-order chi connectivity index (χ1) is 8.26. The van der Waals surface area contributed by atoms with E-state index in [-0.39, 0.29) is 0 Å². The van der Waals surface area contributed by atoms with Crippen molar-refractivity contribution in [2.75, 3.05) is 12.9 Å². The summed E-state index contributed by atoms with van der Waals surface area (Å²) in [5.41, 5.74) is 7.93. The molecule has 0 radical (unpaired) electrons. The van der Waals surface area contributed by atoms with Gasteiger partial charge in [-0.2, -0.15) is 0 Å². The van der Waals surface area contributed by atoms with Crippen molar-refractivity contribution in [2.24, 2.45) is 5.73 Å². The molecule has 0 unspecified atom stereocenters.